The number of aliphatic hydroxyl groups is 1. The number of ketones is 1. The average Bonchev–Trinajstić information content (AvgIpc) is 3.75. The van der Waals surface area contributed by atoms with Gasteiger partial charge in [0.05, 0.1) is 6.10 Å². The molecule has 7 rings (SSSR count). The summed E-state index contributed by atoms with van der Waals surface area (Å²) in [6.07, 6.45) is 12.5. The topological polar surface area (TPSA) is 88.8 Å². The number of hydrogen-bond acceptors (Lipinski definition) is 5. The minimum atomic E-state index is -0.685. The molecule has 4 aliphatic rings. The number of fused-ring (bicyclic) bond motifs is 1. The van der Waals surface area contributed by atoms with Crippen molar-refractivity contribution >= 4 is 33.3 Å². The highest BCUT2D eigenvalue weighted by atomic mass is 79.9. The van der Waals surface area contributed by atoms with Gasteiger partial charge in [0.25, 0.3) is 5.56 Å². The molecule has 7 nitrogen and oxygen atoms in total. The highest BCUT2D eigenvalue weighted by molar-refractivity contribution is 9.10. The Morgan fingerprint density at radius 1 is 1.02 bits per heavy atom. The standard InChI is InChI=1S/C39H45BrN2O5/c40-30-14-16-36-32(23-30)27(24-39(47-36)17-7-18-39)13-15-34(43)28(20-26-8-2-1-3-9-26)22-35(44)29-21-33(41-19-6-12-37(41)45)38(46)42(25-29)31-10-4-5-11-31/h1-3,8-9,14,16,21,23,25,27-28,31,34,43H,4-7,10-13,15,17-20,22,24H2/t27-,28+,34+/m0/s1. The molecule has 3 fully saturated rings. The van der Waals surface area contributed by atoms with E-state index in [9.17, 15) is 19.5 Å². The summed E-state index contributed by atoms with van der Waals surface area (Å²) in [5.41, 5.74) is 2.77. The average molecular weight is 702 g/mol. The van der Waals surface area contributed by atoms with Gasteiger partial charge in [0.1, 0.15) is 17.0 Å². The predicted octanol–water partition coefficient (Wildman–Crippen LogP) is 7.91. The van der Waals surface area contributed by atoms with Crippen LogP contribution in [0.25, 0.3) is 0 Å². The Kier molecular flexibility index (Phi) is 9.43. The summed E-state index contributed by atoms with van der Waals surface area (Å²) in [7, 11) is 0. The van der Waals surface area contributed by atoms with Crippen LogP contribution in [0, 0.1) is 5.92 Å². The van der Waals surface area contributed by atoms with Crippen LogP contribution >= 0.6 is 15.9 Å². The summed E-state index contributed by atoms with van der Waals surface area (Å²) < 4.78 is 9.25. The summed E-state index contributed by atoms with van der Waals surface area (Å²) in [4.78, 5) is 42.1. The number of aliphatic hydroxyl groups excluding tert-OH is 1. The number of anilines is 1. The number of nitrogens with zero attached hydrogens (tertiary/aromatic N) is 2. The molecule has 1 saturated heterocycles. The molecule has 0 radical (unpaired) electrons. The van der Waals surface area contributed by atoms with E-state index in [1.54, 1.807) is 21.7 Å². The quantitative estimate of drug-likeness (QED) is 0.205. The van der Waals surface area contributed by atoms with E-state index in [0.29, 0.717) is 43.5 Å². The lowest BCUT2D eigenvalue weighted by Crippen LogP contribution is -2.47. The SMILES string of the molecule is O=C(C[C@@H](Cc1ccccc1)[C@H](O)CC[C@H]1CC2(CCC2)Oc2ccc(Br)cc21)c1cc(N2CCCC2=O)c(=O)n(C2CCCC2)c1. The zero-order valence-corrected chi connectivity index (χ0v) is 28.6. The van der Waals surface area contributed by atoms with Crippen molar-refractivity contribution in [1.29, 1.82) is 0 Å². The van der Waals surface area contributed by atoms with Gasteiger partial charge in [0.15, 0.2) is 5.78 Å². The van der Waals surface area contributed by atoms with Gasteiger partial charge < -0.3 is 19.3 Å². The van der Waals surface area contributed by atoms with Gasteiger partial charge in [-0.2, -0.15) is 0 Å². The van der Waals surface area contributed by atoms with Crippen LogP contribution in [-0.4, -0.2) is 39.6 Å². The second-order valence-electron chi connectivity index (χ2n) is 14.4. The van der Waals surface area contributed by atoms with Crippen LogP contribution < -0.4 is 15.2 Å². The minimum absolute atomic E-state index is 0.0405. The Hall–Kier alpha value is -3.23. The van der Waals surface area contributed by atoms with Crippen molar-refractivity contribution in [2.24, 2.45) is 5.92 Å². The van der Waals surface area contributed by atoms with E-state index in [0.717, 1.165) is 67.2 Å². The largest absolute Gasteiger partial charge is 0.487 e. The number of pyridine rings is 1. The van der Waals surface area contributed by atoms with Crippen LogP contribution in [0.4, 0.5) is 5.69 Å². The molecule has 1 N–H and O–H groups in total. The van der Waals surface area contributed by atoms with Crippen molar-refractivity contribution in [3.63, 3.8) is 0 Å². The third kappa shape index (κ3) is 6.86. The van der Waals surface area contributed by atoms with Crippen molar-refractivity contribution in [1.82, 2.24) is 4.57 Å². The fourth-order valence-electron chi connectivity index (χ4n) is 8.41. The summed E-state index contributed by atoms with van der Waals surface area (Å²) in [5.74, 6) is 0.771. The zero-order valence-electron chi connectivity index (χ0n) is 27.0. The molecule has 0 unspecified atom stereocenters. The van der Waals surface area contributed by atoms with Crippen LogP contribution in [0.3, 0.4) is 0 Å². The van der Waals surface area contributed by atoms with Crippen LogP contribution in [0.1, 0.15) is 117 Å². The van der Waals surface area contributed by atoms with Gasteiger partial charge in [-0.3, -0.25) is 14.4 Å². The summed E-state index contributed by atoms with van der Waals surface area (Å²) in [6, 6.07) is 18.0. The molecule has 2 aliphatic carbocycles. The molecule has 0 bridgehead atoms. The normalized spacial score (nSPS) is 21.7. The molecule has 3 aromatic rings. The molecular weight excluding hydrogens is 656 g/mol. The first-order chi connectivity index (χ1) is 22.8. The fraction of sp³-hybridized carbons (Fsp3) is 0.513. The lowest BCUT2D eigenvalue weighted by atomic mass is 9.69. The Balaban J connectivity index is 1.14. The van der Waals surface area contributed by atoms with Gasteiger partial charge in [-0.1, -0.05) is 59.1 Å². The number of ether oxygens (including phenoxy) is 1. The molecule has 47 heavy (non-hydrogen) atoms. The van der Waals surface area contributed by atoms with Crippen LogP contribution in [0.2, 0.25) is 0 Å². The van der Waals surface area contributed by atoms with Gasteiger partial charge in [0, 0.05) is 41.7 Å². The number of aromatic nitrogens is 1. The third-order valence-corrected chi connectivity index (χ3v) is 11.7. The first kappa shape index (κ1) is 32.3. The van der Waals surface area contributed by atoms with Gasteiger partial charge in [0.2, 0.25) is 5.91 Å². The molecule has 248 valence electrons. The first-order valence-corrected chi connectivity index (χ1v) is 18.4. The fourth-order valence-corrected chi connectivity index (χ4v) is 8.79. The monoisotopic (exact) mass is 700 g/mol. The lowest BCUT2D eigenvalue weighted by molar-refractivity contribution is -0.117. The van der Waals surface area contributed by atoms with Crippen LogP contribution in [0.5, 0.6) is 5.75 Å². The molecular formula is C39H45BrN2O5. The number of rotatable bonds is 11. The first-order valence-electron chi connectivity index (χ1n) is 17.6. The van der Waals surface area contributed by atoms with Gasteiger partial charge in [-0.15, -0.1) is 0 Å². The Morgan fingerprint density at radius 3 is 2.51 bits per heavy atom. The number of amides is 1. The van der Waals surface area contributed by atoms with Crippen molar-refractivity contribution in [2.75, 3.05) is 11.4 Å². The second kappa shape index (κ2) is 13.7. The Labute approximate surface area is 285 Å². The number of benzene rings is 2. The number of carbonyl (C=O) groups is 2. The number of carbonyl (C=O) groups excluding carboxylic acids is 2. The van der Waals surface area contributed by atoms with Gasteiger partial charge in [-0.05, 0) is 111 Å². The maximum absolute atomic E-state index is 14.2. The molecule has 2 saturated carbocycles. The number of halogens is 1. The Bertz CT molecular complexity index is 1680. The molecule has 3 heterocycles. The van der Waals surface area contributed by atoms with Gasteiger partial charge >= 0.3 is 0 Å². The molecule has 2 aromatic carbocycles. The van der Waals surface area contributed by atoms with Crippen molar-refractivity contribution in [3.8, 4) is 5.75 Å². The number of Topliss-reactive ketones (excluding diaryl/α,β-unsaturated/α-hetero) is 1. The summed E-state index contributed by atoms with van der Waals surface area (Å²) in [5, 5.41) is 11.8. The van der Waals surface area contributed by atoms with Gasteiger partial charge in [-0.25, -0.2) is 0 Å². The highest BCUT2D eigenvalue weighted by Crippen LogP contribution is 2.51. The molecule has 1 amide bonds. The third-order valence-electron chi connectivity index (χ3n) is 11.2. The molecule has 1 spiro atoms. The Morgan fingerprint density at radius 2 is 1.81 bits per heavy atom. The molecule has 8 heteroatoms. The van der Waals surface area contributed by atoms with E-state index in [2.05, 4.69) is 28.1 Å². The van der Waals surface area contributed by atoms with E-state index < -0.39 is 6.10 Å². The highest BCUT2D eigenvalue weighted by Gasteiger charge is 2.45. The number of hydrogen-bond donors (Lipinski definition) is 1. The minimum Gasteiger partial charge on any atom is -0.487 e. The maximum Gasteiger partial charge on any atom is 0.274 e. The van der Waals surface area contributed by atoms with E-state index in [1.165, 1.54) is 12.0 Å². The second-order valence-corrected chi connectivity index (χ2v) is 15.3. The van der Waals surface area contributed by atoms with Crippen LogP contribution in [-0.2, 0) is 11.2 Å². The maximum atomic E-state index is 14.2. The smallest absolute Gasteiger partial charge is 0.274 e. The zero-order chi connectivity index (χ0) is 32.5. The van der Waals surface area contributed by atoms with Crippen molar-refractivity contribution in [3.05, 3.63) is 92.3 Å². The van der Waals surface area contributed by atoms with Crippen LogP contribution in [0.15, 0.2) is 70.1 Å². The van der Waals surface area contributed by atoms with E-state index in [1.807, 2.05) is 36.4 Å². The molecule has 2 aliphatic heterocycles. The van der Waals surface area contributed by atoms with Crippen molar-refractivity contribution < 1.29 is 19.4 Å². The predicted molar refractivity (Wildman–Crippen MR) is 186 cm³/mol. The summed E-state index contributed by atoms with van der Waals surface area (Å²) >= 11 is 3.64. The molecule has 3 atom stereocenters. The van der Waals surface area contributed by atoms with E-state index in [-0.39, 0.29) is 47.1 Å². The van der Waals surface area contributed by atoms with E-state index >= 15 is 0 Å². The van der Waals surface area contributed by atoms with Crippen molar-refractivity contribution in [2.45, 2.75) is 114 Å². The van der Waals surface area contributed by atoms with E-state index in [4.69, 9.17) is 4.74 Å². The molecule has 1 aromatic heterocycles. The lowest BCUT2D eigenvalue weighted by Gasteiger charge is -2.48. The summed E-state index contributed by atoms with van der Waals surface area (Å²) in [6.45, 7) is 0.499.